The average Bonchev–Trinajstić information content (AvgIpc) is 3.60. The Labute approximate surface area is 240 Å². The zero-order valence-corrected chi connectivity index (χ0v) is 23.5. The summed E-state index contributed by atoms with van der Waals surface area (Å²) in [5.41, 5.74) is -3.75. The van der Waals surface area contributed by atoms with Crippen LogP contribution in [0.25, 0.3) is 0 Å². The molecule has 1 aliphatic heterocycles. The van der Waals surface area contributed by atoms with Crippen molar-refractivity contribution in [1.29, 1.82) is 0 Å². The number of anilines is 1. The Morgan fingerprint density at radius 2 is 1.71 bits per heavy atom. The second-order valence-electron chi connectivity index (χ2n) is 11.2. The van der Waals surface area contributed by atoms with Gasteiger partial charge >= 0.3 is 12.1 Å². The van der Waals surface area contributed by atoms with E-state index in [1.165, 1.54) is 23.1 Å². The third-order valence-corrected chi connectivity index (χ3v) is 8.69. The highest BCUT2D eigenvalue weighted by molar-refractivity contribution is 6.34. The Hall–Kier alpha value is -2.92. The summed E-state index contributed by atoms with van der Waals surface area (Å²) < 4.78 is 69.4. The summed E-state index contributed by atoms with van der Waals surface area (Å²) >= 11 is 6.25. The minimum absolute atomic E-state index is 0.00677. The largest absolute Gasteiger partial charge is 0.457 e. The standard InChI is InChI=1S/C29H33ClF5N3O3/c1-37(2)24(39)22-11-10-21(17-23(22)30)36-14-6-9-20-18-26(20)12-15-38(16-13-26)25(40)27(41,19-7-4-3-5-8-19)28(31,32)29(33,34)35/h3-5,7-8,10-11,17,20,36,41H,6,9,12-16,18H2,1-2H3/t20-,27-/m0/s1. The van der Waals surface area contributed by atoms with Crippen molar-refractivity contribution >= 4 is 29.1 Å². The first-order valence-electron chi connectivity index (χ1n) is 13.4. The number of hydrogen-bond donors (Lipinski definition) is 2. The summed E-state index contributed by atoms with van der Waals surface area (Å²) in [5, 5.41) is 14.4. The summed E-state index contributed by atoms with van der Waals surface area (Å²) in [6.07, 6.45) is -2.59. The van der Waals surface area contributed by atoms with Gasteiger partial charge in [0.2, 0.25) is 5.60 Å². The van der Waals surface area contributed by atoms with Crippen LogP contribution in [-0.2, 0) is 10.4 Å². The van der Waals surface area contributed by atoms with Gasteiger partial charge in [-0.3, -0.25) is 9.59 Å². The molecular formula is C29H33ClF5N3O3. The van der Waals surface area contributed by atoms with Crippen LogP contribution in [0, 0.1) is 11.3 Å². The number of halogens is 6. The smallest absolute Gasteiger partial charge is 0.385 e. The van der Waals surface area contributed by atoms with E-state index in [9.17, 15) is 36.6 Å². The van der Waals surface area contributed by atoms with Crippen molar-refractivity contribution in [3.63, 3.8) is 0 Å². The van der Waals surface area contributed by atoms with Gasteiger partial charge in [-0.1, -0.05) is 41.9 Å². The summed E-state index contributed by atoms with van der Waals surface area (Å²) in [7, 11) is 3.29. The van der Waals surface area contributed by atoms with Crippen LogP contribution in [0.1, 0.15) is 48.0 Å². The van der Waals surface area contributed by atoms with Gasteiger partial charge in [-0.15, -0.1) is 0 Å². The minimum atomic E-state index is -6.13. The first-order chi connectivity index (χ1) is 19.1. The molecule has 4 rings (SSSR count). The van der Waals surface area contributed by atoms with Crippen molar-refractivity contribution < 1.29 is 36.6 Å². The van der Waals surface area contributed by atoms with Crippen LogP contribution < -0.4 is 5.32 Å². The number of hydrogen-bond acceptors (Lipinski definition) is 4. The molecule has 2 amide bonds. The predicted molar refractivity (Wildman–Crippen MR) is 145 cm³/mol. The van der Waals surface area contributed by atoms with Gasteiger partial charge in [-0.2, -0.15) is 22.0 Å². The topological polar surface area (TPSA) is 72.9 Å². The van der Waals surface area contributed by atoms with E-state index < -0.39 is 29.2 Å². The lowest BCUT2D eigenvalue weighted by Gasteiger charge is -2.41. The maximum Gasteiger partial charge on any atom is 0.457 e. The number of nitrogens with zero attached hydrogens (tertiary/aromatic N) is 2. The number of nitrogens with one attached hydrogen (secondary N) is 1. The second kappa shape index (κ2) is 11.4. The average molecular weight is 602 g/mol. The summed E-state index contributed by atoms with van der Waals surface area (Å²) in [4.78, 5) is 27.7. The Morgan fingerprint density at radius 1 is 1.07 bits per heavy atom. The molecule has 12 heteroatoms. The predicted octanol–water partition coefficient (Wildman–Crippen LogP) is 5.95. The molecule has 41 heavy (non-hydrogen) atoms. The van der Waals surface area contributed by atoms with Crippen LogP contribution in [0.5, 0.6) is 0 Å². The van der Waals surface area contributed by atoms with Gasteiger partial charge in [0.05, 0.1) is 10.6 Å². The van der Waals surface area contributed by atoms with Crippen LogP contribution >= 0.6 is 11.6 Å². The van der Waals surface area contributed by atoms with Crippen LogP contribution in [0.3, 0.4) is 0 Å². The number of rotatable bonds is 9. The number of piperidine rings is 1. The third-order valence-electron chi connectivity index (χ3n) is 8.38. The SMILES string of the molecule is CN(C)C(=O)c1ccc(NCCC[C@H]2CC23CCN(C(=O)[C@@](O)(c2ccccc2)C(F)(F)C(F)(F)F)CC3)cc1Cl. The maximum atomic E-state index is 14.6. The first kappa shape index (κ1) is 31.0. The van der Waals surface area contributed by atoms with E-state index in [1.54, 1.807) is 32.3 Å². The van der Waals surface area contributed by atoms with Crippen LogP contribution in [0.2, 0.25) is 5.02 Å². The molecule has 2 N–H and O–H groups in total. The molecular weight excluding hydrogens is 569 g/mol. The molecule has 2 fully saturated rings. The zero-order valence-electron chi connectivity index (χ0n) is 22.8. The van der Waals surface area contributed by atoms with Crippen molar-refractivity contribution in [1.82, 2.24) is 9.80 Å². The molecule has 0 aromatic heterocycles. The summed E-state index contributed by atoms with van der Waals surface area (Å²) in [6, 6.07) is 10.7. The van der Waals surface area contributed by atoms with Gasteiger partial charge < -0.3 is 20.2 Å². The maximum absolute atomic E-state index is 14.6. The monoisotopic (exact) mass is 601 g/mol. The lowest BCUT2D eigenvalue weighted by molar-refractivity contribution is -0.339. The highest BCUT2D eigenvalue weighted by Crippen LogP contribution is 2.61. The normalized spacial score (nSPS) is 19.9. The zero-order chi connectivity index (χ0) is 30.2. The fraction of sp³-hybridized carbons (Fsp3) is 0.517. The highest BCUT2D eigenvalue weighted by atomic mass is 35.5. The van der Waals surface area contributed by atoms with E-state index in [4.69, 9.17) is 11.6 Å². The van der Waals surface area contributed by atoms with Crippen molar-refractivity contribution in [2.75, 3.05) is 39.0 Å². The molecule has 0 bridgehead atoms. The first-order valence-corrected chi connectivity index (χ1v) is 13.8. The van der Waals surface area contributed by atoms with Gasteiger partial charge in [0.1, 0.15) is 0 Å². The molecule has 1 aliphatic carbocycles. The fourth-order valence-electron chi connectivity index (χ4n) is 5.78. The van der Waals surface area contributed by atoms with Gasteiger partial charge in [0.25, 0.3) is 11.8 Å². The van der Waals surface area contributed by atoms with Crippen molar-refractivity contribution in [3.8, 4) is 0 Å². The fourth-order valence-corrected chi connectivity index (χ4v) is 6.04. The van der Waals surface area contributed by atoms with Crippen LogP contribution in [0.15, 0.2) is 48.5 Å². The molecule has 2 aromatic rings. The molecule has 1 saturated carbocycles. The van der Waals surface area contributed by atoms with Crippen molar-refractivity contribution in [3.05, 3.63) is 64.7 Å². The van der Waals surface area contributed by atoms with Gasteiger partial charge in [0, 0.05) is 39.4 Å². The Morgan fingerprint density at radius 3 is 2.27 bits per heavy atom. The van der Waals surface area contributed by atoms with Gasteiger partial charge in [-0.05, 0) is 67.2 Å². The Bertz CT molecular complexity index is 1270. The van der Waals surface area contributed by atoms with E-state index in [0.29, 0.717) is 35.9 Å². The van der Waals surface area contributed by atoms with E-state index in [1.807, 2.05) is 0 Å². The number of alkyl halides is 5. The molecule has 0 radical (unpaired) electrons. The number of likely N-dealkylation sites (tertiary alicyclic amines) is 1. The molecule has 0 unspecified atom stereocenters. The molecule has 1 heterocycles. The minimum Gasteiger partial charge on any atom is -0.385 e. The number of aliphatic hydroxyl groups is 1. The Balaban J connectivity index is 1.31. The summed E-state index contributed by atoms with van der Waals surface area (Å²) in [5.74, 6) is -7.16. The van der Waals surface area contributed by atoms with Gasteiger partial charge in [0.15, 0.2) is 0 Å². The molecule has 224 valence electrons. The lowest BCUT2D eigenvalue weighted by atomic mass is 9.83. The highest BCUT2D eigenvalue weighted by Gasteiger charge is 2.74. The van der Waals surface area contributed by atoms with E-state index >= 15 is 0 Å². The van der Waals surface area contributed by atoms with E-state index in [0.717, 1.165) is 42.0 Å². The molecule has 6 nitrogen and oxygen atoms in total. The molecule has 2 atom stereocenters. The number of carbonyl (C=O) groups excluding carboxylic acids is 2. The molecule has 2 aromatic carbocycles. The second-order valence-corrected chi connectivity index (χ2v) is 11.6. The van der Waals surface area contributed by atoms with E-state index in [2.05, 4.69) is 5.32 Å². The summed E-state index contributed by atoms with van der Waals surface area (Å²) in [6.45, 7) is 0.644. The molecule has 1 spiro atoms. The molecule has 1 saturated heterocycles. The quantitative estimate of drug-likeness (QED) is 0.275. The Kier molecular flexibility index (Phi) is 8.62. The van der Waals surface area contributed by atoms with Crippen LogP contribution in [-0.4, -0.2) is 72.5 Å². The van der Waals surface area contributed by atoms with Crippen molar-refractivity contribution in [2.45, 2.75) is 49.8 Å². The molecule has 2 aliphatic rings. The van der Waals surface area contributed by atoms with Crippen molar-refractivity contribution in [2.24, 2.45) is 11.3 Å². The van der Waals surface area contributed by atoms with Gasteiger partial charge in [-0.25, -0.2) is 0 Å². The van der Waals surface area contributed by atoms with Crippen LogP contribution in [0.4, 0.5) is 27.6 Å². The number of carbonyl (C=O) groups is 2. The lowest BCUT2D eigenvalue weighted by Crippen LogP contribution is -2.63. The number of benzene rings is 2. The number of amides is 2. The van der Waals surface area contributed by atoms with E-state index in [-0.39, 0.29) is 24.4 Å². The third kappa shape index (κ3) is 5.88.